The van der Waals surface area contributed by atoms with Gasteiger partial charge in [-0.1, -0.05) is 0 Å². The van der Waals surface area contributed by atoms with Crippen molar-refractivity contribution in [2.24, 2.45) is 5.10 Å². The van der Waals surface area contributed by atoms with Gasteiger partial charge in [0.1, 0.15) is 16.4 Å². The number of hydrazone groups is 1. The molecule has 0 saturated heterocycles. The van der Waals surface area contributed by atoms with Gasteiger partial charge < -0.3 is 4.42 Å². The molecule has 2 rings (SSSR count). The summed E-state index contributed by atoms with van der Waals surface area (Å²) in [5, 5.41) is 4.71. The molecule has 1 N–H and O–H groups in total. The first-order chi connectivity index (χ1) is 8.56. The summed E-state index contributed by atoms with van der Waals surface area (Å²) in [4.78, 5) is 16.6. The summed E-state index contributed by atoms with van der Waals surface area (Å²) in [6.45, 7) is 5.51. The molecule has 0 spiro atoms. The van der Waals surface area contributed by atoms with Crippen molar-refractivity contribution in [3.63, 3.8) is 0 Å². The Labute approximate surface area is 109 Å². The minimum absolute atomic E-state index is 0.252. The average molecular weight is 263 g/mol. The van der Waals surface area contributed by atoms with E-state index in [2.05, 4.69) is 15.5 Å². The van der Waals surface area contributed by atoms with Crippen molar-refractivity contribution in [1.82, 2.24) is 10.4 Å². The monoisotopic (exact) mass is 263 g/mol. The summed E-state index contributed by atoms with van der Waals surface area (Å²) >= 11 is 1.35. The van der Waals surface area contributed by atoms with Crippen LogP contribution in [-0.4, -0.2) is 17.1 Å². The van der Waals surface area contributed by atoms with Crippen LogP contribution < -0.4 is 5.43 Å². The third-order valence-electron chi connectivity index (χ3n) is 2.23. The predicted molar refractivity (Wildman–Crippen MR) is 70.1 cm³/mol. The molecule has 6 heteroatoms. The van der Waals surface area contributed by atoms with Crippen LogP contribution in [0.2, 0.25) is 0 Å². The molecule has 2 aromatic rings. The summed E-state index contributed by atoms with van der Waals surface area (Å²) < 4.78 is 5.29. The lowest BCUT2D eigenvalue weighted by Gasteiger charge is -1.95. The maximum absolute atomic E-state index is 11.8. The Morgan fingerprint density at radius 1 is 1.44 bits per heavy atom. The van der Waals surface area contributed by atoms with E-state index in [9.17, 15) is 4.79 Å². The Morgan fingerprint density at radius 3 is 2.78 bits per heavy atom. The van der Waals surface area contributed by atoms with E-state index in [-0.39, 0.29) is 5.91 Å². The van der Waals surface area contributed by atoms with Crippen LogP contribution in [0.15, 0.2) is 21.7 Å². The molecule has 1 amide bonds. The van der Waals surface area contributed by atoms with Gasteiger partial charge in [0, 0.05) is 0 Å². The number of aryl methyl sites for hydroxylation is 3. The normalized spacial score (nSPS) is 11.1. The largest absolute Gasteiger partial charge is 0.460 e. The van der Waals surface area contributed by atoms with Gasteiger partial charge in [0.2, 0.25) is 0 Å². The van der Waals surface area contributed by atoms with Gasteiger partial charge in [0.25, 0.3) is 5.91 Å². The quantitative estimate of drug-likeness (QED) is 0.683. The number of thiazole rings is 1. The molecule has 0 aromatic carbocycles. The number of furan rings is 1. The second kappa shape index (κ2) is 5.14. The van der Waals surface area contributed by atoms with Gasteiger partial charge in [-0.05, 0) is 32.9 Å². The maximum atomic E-state index is 11.8. The Morgan fingerprint density at radius 2 is 2.22 bits per heavy atom. The van der Waals surface area contributed by atoms with Crippen LogP contribution in [0, 0.1) is 20.8 Å². The highest BCUT2D eigenvalue weighted by Gasteiger charge is 2.12. The zero-order valence-electron chi connectivity index (χ0n) is 10.4. The van der Waals surface area contributed by atoms with Crippen LogP contribution in [0.1, 0.15) is 31.9 Å². The van der Waals surface area contributed by atoms with Crippen molar-refractivity contribution in [3.05, 3.63) is 39.2 Å². The molecular formula is C12H13N3O2S. The molecule has 0 saturated carbocycles. The Balaban J connectivity index is 2.00. The maximum Gasteiger partial charge on any atom is 0.283 e. The highest BCUT2D eigenvalue weighted by Crippen LogP contribution is 2.16. The first kappa shape index (κ1) is 12.5. The fourth-order valence-corrected chi connectivity index (χ4v) is 2.28. The molecule has 18 heavy (non-hydrogen) atoms. The average Bonchev–Trinajstić information content (AvgIpc) is 2.85. The first-order valence-electron chi connectivity index (χ1n) is 5.40. The van der Waals surface area contributed by atoms with Crippen molar-refractivity contribution < 1.29 is 9.21 Å². The third-order valence-corrected chi connectivity index (χ3v) is 3.30. The minimum atomic E-state index is -0.252. The summed E-state index contributed by atoms with van der Waals surface area (Å²) in [6.07, 6.45) is 1.47. The van der Waals surface area contributed by atoms with E-state index < -0.39 is 0 Å². The van der Waals surface area contributed by atoms with Crippen LogP contribution in [-0.2, 0) is 0 Å². The topological polar surface area (TPSA) is 67.5 Å². The summed E-state index contributed by atoms with van der Waals surface area (Å²) in [5.41, 5.74) is 3.17. The van der Waals surface area contributed by atoms with Gasteiger partial charge in [-0.3, -0.25) is 4.79 Å². The second-order valence-corrected chi connectivity index (χ2v) is 5.00. The third kappa shape index (κ3) is 2.84. The molecule has 0 radical (unpaired) electrons. The van der Waals surface area contributed by atoms with Crippen LogP contribution in [0.3, 0.4) is 0 Å². The number of amides is 1. The van der Waals surface area contributed by atoms with Crippen molar-refractivity contribution in [1.29, 1.82) is 0 Å². The van der Waals surface area contributed by atoms with Gasteiger partial charge in [0.05, 0.1) is 16.9 Å². The molecule has 5 nitrogen and oxygen atoms in total. The van der Waals surface area contributed by atoms with Crippen LogP contribution in [0.25, 0.3) is 0 Å². The van der Waals surface area contributed by atoms with Gasteiger partial charge in [-0.15, -0.1) is 11.3 Å². The van der Waals surface area contributed by atoms with Crippen LogP contribution in [0.4, 0.5) is 0 Å². The van der Waals surface area contributed by atoms with Crippen molar-refractivity contribution in [2.75, 3.05) is 0 Å². The highest BCUT2D eigenvalue weighted by atomic mass is 32.1. The summed E-state index contributed by atoms with van der Waals surface area (Å²) in [6, 6.07) is 3.62. The van der Waals surface area contributed by atoms with E-state index in [0.717, 1.165) is 16.5 Å². The number of nitrogens with zero attached hydrogens (tertiary/aromatic N) is 2. The lowest BCUT2D eigenvalue weighted by molar-refractivity contribution is 0.0958. The minimum Gasteiger partial charge on any atom is -0.460 e. The molecule has 0 unspecified atom stereocenters. The van der Waals surface area contributed by atoms with E-state index in [1.807, 2.05) is 19.9 Å². The van der Waals surface area contributed by atoms with E-state index in [1.165, 1.54) is 17.6 Å². The number of carbonyl (C=O) groups excluding carboxylic acids is 1. The SMILES string of the molecule is Cc1ccc(/C=N/NC(=O)c2sc(C)nc2C)o1. The number of aromatic nitrogens is 1. The van der Waals surface area contributed by atoms with E-state index in [4.69, 9.17) is 4.42 Å². The smallest absolute Gasteiger partial charge is 0.283 e. The molecule has 0 fully saturated rings. The Bertz CT molecular complexity index is 598. The van der Waals surface area contributed by atoms with Crippen molar-refractivity contribution in [2.45, 2.75) is 20.8 Å². The predicted octanol–water partition coefficient (Wildman–Crippen LogP) is 2.43. The number of nitrogens with one attached hydrogen (secondary N) is 1. The zero-order chi connectivity index (χ0) is 13.1. The fraction of sp³-hybridized carbons (Fsp3) is 0.250. The molecule has 0 aliphatic carbocycles. The fourth-order valence-electron chi connectivity index (χ4n) is 1.47. The second-order valence-electron chi connectivity index (χ2n) is 3.79. The number of hydrogen-bond donors (Lipinski definition) is 1. The van der Waals surface area contributed by atoms with Gasteiger partial charge in [0.15, 0.2) is 0 Å². The Hall–Kier alpha value is -1.95. The molecule has 0 aliphatic heterocycles. The standard InChI is InChI=1S/C12H13N3O2S/c1-7-4-5-10(17-7)6-13-15-12(16)11-8(2)14-9(3)18-11/h4-6H,1-3H3,(H,15,16)/b13-6+. The van der Waals surface area contributed by atoms with Crippen LogP contribution >= 0.6 is 11.3 Å². The summed E-state index contributed by atoms with van der Waals surface area (Å²) in [5.74, 6) is 1.15. The zero-order valence-corrected chi connectivity index (χ0v) is 11.2. The lowest BCUT2D eigenvalue weighted by atomic mass is 10.4. The van der Waals surface area contributed by atoms with E-state index >= 15 is 0 Å². The van der Waals surface area contributed by atoms with Gasteiger partial charge in [-0.2, -0.15) is 5.10 Å². The first-order valence-corrected chi connectivity index (χ1v) is 6.22. The van der Waals surface area contributed by atoms with E-state index in [0.29, 0.717) is 10.6 Å². The van der Waals surface area contributed by atoms with Crippen molar-refractivity contribution in [3.8, 4) is 0 Å². The summed E-state index contributed by atoms with van der Waals surface area (Å²) in [7, 11) is 0. The molecular weight excluding hydrogens is 250 g/mol. The number of hydrogen-bond acceptors (Lipinski definition) is 5. The molecule has 94 valence electrons. The highest BCUT2D eigenvalue weighted by molar-refractivity contribution is 7.13. The molecule has 0 bridgehead atoms. The molecule has 2 heterocycles. The van der Waals surface area contributed by atoms with Crippen LogP contribution in [0.5, 0.6) is 0 Å². The number of rotatable bonds is 3. The lowest BCUT2D eigenvalue weighted by Crippen LogP contribution is -2.17. The molecule has 0 atom stereocenters. The molecule has 0 aliphatic rings. The van der Waals surface area contributed by atoms with Crippen molar-refractivity contribution >= 4 is 23.5 Å². The van der Waals surface area contributed by atoms with Gasteiger partial charge in [-0.25, -0.2) is 10.4 Å². The van der Waals surface area contributed by atoms with E-state index in [1.54, 1.807) is 13.0 Å². The number of carbonyl (C=O) groups is 1. The Kier molecular flexibility index (Phi) is 3.57. The molecule has 2 aromatic heterocycles. The van der Waals surface area contributed by atoms with Gasteiger partial charge >= 0.3 is 0 Å².